The highest BCUT2D eigenvalue weighted by atomic mass is 19.2. The van der Waals surface area contributed by atoms with Gasteiger partial charge in [-0.1, -0.05) is 24.3 Å². The molecule has 5 heteroatoms. The van der Waals surface area contributed by atoms with Gasteiger partial charge in [-0.3, -0.25) is 4.79 Å². The Balaban J connectivity index is 1.27. The molecular weight excluding hydrogens is 370 g/mol. The fraction of sp³-hybridized carbons (Fsp3) is 0.375. The first kappa shape index (κ1) is 19.8. The van der Waals surface area contributed by atoms with Crippen LogP contribution in [0.5, 0.6) is 0 Å². The molecule has 0 N–H and O–H groups in total. The van der Waals surface area contributed by atoms with Gasteiger partial charge in [0.2, 0.25) is 0 Å². The molecule has 3 aromatic rings. The Morgan fingerprint density at radius 3 is 2.48 bits per heavy atom. The van der Waals surface area contributed by atoms with Crippen molar-refractivity contribution in [1.29, 1.82) is 0 Å². The number of aromatic nitrogens is 1. The fourth-order valence-corrected chi connectivity index (χ4v) is 4.34. The minimum Gasteiger partial charge on any atom is -0.308 e. The average molecular weight is 396 g/mol. The van der Waals surface area contributed by atoms with Crippen LogP contribution in [-0.2, 0) is 13.0 Å². The number of piperidine rings is 1. The van der Waals surface area contributed by atoms with Crippen LogP contribution in [0.15, 0.2) is 59.4 Å². The topological polar surface area (TPSA) is 25.2 Å². The lowest BCUT2D eigenvalue weighted by Gasteiger charge is -2.32. The lowest BCUT2D eigenvalue weighted by molar-refractivity contribution is 0.180. The zero-order valence-corrected chi connectivity index (χ0v) is 16.5. The summed E-state index contributed by atoms with van der Waals surface area (Å²) in [7, 11) is 0. The molecule has 1 aromatic heterocycles. The normalized spacial score (nSPS) is 15.8. The number of pyridine rings is 1. The van der Waals surface area contributed by atoms with Crippen molar-refractivity contribution in [3.05, 3.63) is 82.1 Å². The zero-order chi connectivity index (χ0) is 20.2. The Kier molecular flexibility index (Phi) is 6.05. The predicted octanol–water partition coefficient (Wildman–Crippen LogP) is 4.62. The van der Waals surface area contributed by atoms with Crippen molar-refractivity contribution in [3.8, 4) is 0 Å². The van der Waals surface area contributed by atoms with E-state index in [0.717, 1.165) is 68.3 Å². The molecule has 0 bridgehead atoms. The number of likely N-dealkylation sites (tertiary alicyclic amines) is 1. The summed E-state index contributed by atoms with van der Waals surface area (Å²) in [4.78, 5) is 14.7. The molecule has 1 saturated heterocycles. The van der Waals surface area contributed by atoms with Crippen LogP contribution in [-0.4, -0.2) is 29.1 Å². The van der Waals surface area contributed by atoms with Gasteiger partial charge in [0.1, 0.15) is 0 Å². The summed E-state index contributed by atoms with van der Waals surface area (Å²) in [6, 6.07) is 15.7. The van der Waals surface area contributed by atoms with E-state index in [2.05, 4.69) is 4.90 Å². The molecule has 0 radical (unpaired) electrons. The first-order valence-corrected chi connectivity index (χ1v) is 10.3. The minimum absolute atomic E-state index is 0.0499. The molecule has 3 nitrogen and oxygen atoms in total. The van der Waals surface area contributed by atoms with E-state index in [1.807, 2.05) is 34.9 Å². The third-order valence-corrected chi connectivity index (χ3v) is 5.97. The van der Waals surface area contributed by atoms with Crippen LogP contribution in [0.1, 0.15) is 24.8 Å². The first-order valence-electron chi connectivity index (χ1n) is 10.3. The first-order chi connectivity index (χ1) is 14.1. The Labute approximate surface area is 169 Å². The summed E-state index contributed by atoms with van der Waals surface area (Å²) in [6.45, 7) is 3.71. The molecule has 0 spiro atoms. The molecule has 1 aliphatic rings. The molecule has 152 valence electrons. The molecule has 0 atom stereocenters. The maximum Gasteiger partial charge on any atom is 0.251 e. The van der Waals surface area contributed by atoms with Crippen LogP contribution < -0.4 is 5.56 Å². The average Bonchev–Trinajstić information content (AvgIpc) is 2.73. The van der Waals surface area contributed by atoms with Crippen molar-refractivity contribution in [1.82, 2.24) is 9.47 Å². The molecule has 2 aromatic carbocycles. The maximum absolute atomic E-state index is 13.4. The molecule has 4 rings (SSSR count). The van der Waals surface area contributed by atoms with E-state index in [9.17, 15) is 13.6 Å². The Hall–Kier alpha value is -2.53. The van der Waals surface area contributed by atoms with Gasteiger partial charge in [0.15, 0.2) is 11.6 Å². The number of para-hydroxylation sites is 1. The smallest absolute Gasteiger partial charge is 0.251 e. The monoisotopic (exact) mass is 396 g/mol. The summed E-state index contributed by atoms with van der Waals surface area (Å²) in [5, 5.41) is 1.09. The standard InChI is InChI=1S/C24H26F2N2O/c25-21-8-6-19(17-22(21)26)16-18-10-14-27(15-11-18)12-3-13-28-23-5-2-1-4-20(23)7-9-24(28)29/h1-2,4-9,17-18H,3,10-16H2. The number of benzene rings is 2. The Bertz CT molecular complexity index is 1040. The van der Waals surface area contributed by atoms with E-state index in [-0.39, 0.29) is 5.56 Å². The number of hydrogen-bond acceptors (Lipinski definition) is 2. The molecule has 1 fully saturated rings. The van der Waals surface area contributed by atoms with E-state index in [1.54, 1.807) is 12.1 Å². The molecular formula is C24H26F2N2O. The molecule has 2 heterocycles. The number of fused-ring (bicyclic) bond motifs is 1. The highest BCUT2D eigenvalue weighted by Gasteiger charge is 2.19. The van der Waals surface area contributed by atoms with Crippen LogP contribution >= 0.6 is 0 Å². The number of halogens is 2. The van der Waals surface area contributed by atoms with Crippen LogP contribution in [0.2, 0.25) is 0 Å². The van der Waals surface area contributed by atoms with Crippen molar-refractivity contribution in [2.75, 3.05) is 19.6 Å². The number of nitrogens with zero attached hydrogens (tertiary/aromatic N) is 2. The van der Waals surface area contributed by atoms with Gasteiger partial charge >= 0.3 is 0 Å². The van der Waals surface area contributed by atoms with Crippen LogP contribution in [0.4, 0.5) is 8.78 Å². The predicted molar refractivity (Wildman–Crippen MR) is 112 cm³/mol. The summed E-state index contributed by atoms with van der Waals surface area (Å²) in [5.74, 6) is -1.03. The van der Waals surface area contributed by atoms with E-state index >= 15 is 0 Å². The van der Waals surface area contributed by atoms with Crippen LogP contribution in [0, 0.1) is 17.6 Å². The molecule has 29 heavy (non-hydrogen) atoms. The Morgan fingerprint density at radius 1 is 0.897 bits per heavy atom. The molecule has 0 saturated carbocycles. The lowest BCUT2D eigenvalue weighted by atomic mass is 9.90. The minimum atomic E-state index is -0.783. The van der Waals surface area contributed by atoms with E-state index in [4.69, 9.17) is 0 Å². The Morgan fingerprint density at radius 2 is 1.69 bits per heavy atom. The summed E-state index contributed by atoms with van der Waals surface area (Å²) in [6.07, 6.45) is 3.86. The maximum atomic E-state index is 13.4. The van der Waals surface area contributed by atoms with E-state index in [1.165, 1.54) is 12.1 Å². The van der Waals surface area contributed by atoms with Gasteiger partial charge in [-0.15, -0.1) is 0 Å². The lowest BCUT2D eigenvalue weighted by Crippen LogP contribution is -2.35. The SMILES string of the molecule is O=c1ccc2ccccc2n1CCCN1CCC(Cc2ccc(F)c(F)c2)CC1. The highest BCUT2D eigenvalue weighted by molar-refractivity contribution is 5.78. The summed E-state index contributed by atoms with van der Waals surface area (Å²) < 4.78 is 28.3. The quantitative estimate of drug-likeness (QED) is 0.607. The van der Waals surface area contributed by atoms with Gasteiger partial charge in [-0.25, -0.2) is 8.78 Å². The van der Waals surface area contributed by atoms with Gasteiger partial charge in [-0.2, -0.15) is 0 Å². The third-order valence-electron chi connectivity index (χ3n) is 5.97. The zero-order valence-electron chi connectivity index (χ0n) is 16.5. The second kappa shape index (κ2) is 8.87. The molecule has 0 aliphatic carbocycles. The third kappa shape index (κ3) is 4.73. The van der Waals surface area contributed by atoms with Crippen molar-refractivity contribution < 1.29 is 8.78 Å². The number of rotatable bonds is 6. The van der Waals surface area contributed by atoms with Gasteiger partial charge < -0.3 is 9.47 Å². The fourth-order valence-electron chi connectivity index (χ4n) is 4.34. The second-order valence-corrected chi connectivity index (χ2v) is 7.97. The number of aryl methyl sites for hydroxylation is 1. The van der Waals surface area contributed by atoms with Crippen LogP contribution in [0.25, 0.3) is 10.9 Å². The van der Waals surface area contributed by atoms with Crippen LogP contribution in [0.3, 0.4) is 0 Å². The number of hydrogen-bond donors (Lipinski definition) is 0. The molecule has 0 amide bonds. The van der Waals surface area contributed by atoms with Crippen molar-refractivity contribution in [2.24, 2.45) is 5.92 Å². The summed E-state index contributed by atoms with van der Waals surface area (Å²) >= 11 is 0. The largest absolute Gasteiger partial charge is 0.308 e. The van der Waals surface area contributed by atoms with E-state index in [0.29, 0.717) is 5.92 Å². The van der Waals surface area contributed by atoms with Gasteiger partial charge in [-0.05, 0) is 86.5 Å². The van der Waals surface area contributed by atoms with Gasteiger partial charge in [0.25, 0.3) is 5.56 Å². The van der Waals surface area contributed by atoms with Crippen molar-refractivity contribution >= 4 is 10.9 Å². The van der Waals surface area contributed by atoms with Crippen molar-refractivity contribution in [3.63, 3.8) is 0 Å². The van der Waals surface area contributed by atoms with Gasteiger partial charge in [0.05, 0.1) is 5.52 Å². The van der Waals surface area contributed by atoms with Crippen molar-refractivity contribution in [2.45, 2.75) is 32.2 Å². The highest BCUT2D eigenvalue weighted by Crippen LogP contribution is 2.23. The summed E-state index contributed by atoms with van der Waals surface area (Å²) in [5.41, 5.74) is 1.91. The second-order valence-electron chi connectivity index (χ2n) is 7.97. The van der Waals surface area contributed by atoms with Gasteiger partial charge in [0, 0.05) is 12.6 Å². The molecule has 1 aliphatic heterocycles. The molecule has 0 unspecified atom stereocenters. The van der Waals surface area contributed by atoms with E-state index < -0.39 is 11.6 Å².